The van der Waals surface area contributed by atoms with Crippen LogP contribution in [0.1, 0.15) is 77.7 Å². The smallest absolute Gasteiger partial charge is 0.328 e. The largest absolute Gasteiger partial charge is 0.505 e. The first-order valence-corrected chi connectivity index (χ1v) is 16.6. The zero-order chi connectivity index (χ0) is 34.3. The molecule has 10 heteroatoms. The first kappa shape index (κ1) is 37.6. The Hall–Kier alpha value is -3.89. The van der Waals surface area contributed by atoms with Crippen molar-refractivity contribution in [3.05, 3.63) is 65.8 Å². The van der Waals surface area contributed by atoms with E-state index < -0.39 is 36.2 Å². The number of carbonyl (C=O) groups excluding carboxylic acids is 3. The first-order chi connectivity index (χ1) is 22.5. The minimum atomic E-state index is -0.916. The molecule has 258 valence electrons. The van der Waals surface area contributed by atoms with Crippen LogP contribution >= 0.6 is 0 Å². The summed E-state index contributed by atoms with van der Waals surface area (Å²) in [7, 11) is 3.03. The number of carbonyl (C=O) groups is 3. The number of anilines is 1. The van der Waals surface area contributed by atoms with Gasteiger partial charge < -0.3 is 35.1 Å². The predicted molar refractivity (Wildman–Crippen MR) is 182 cm³/mol. The molecule has 1 aromatic carbocycles. The number of hydrogen-bond acceptors (Lipinski definition) is 8. The van der Waals surface area contributed by atoms with Gasteiger partial charge in [0.2, 0.25) is 11.8 Å². The summed E-state index contributed by atoms with van der Waals surface area (Å²) in [6.07, 6.45) is 16.7. The minimum absolute atomic E-state index is 0.0347. The van der Waals surface area contributed by atoms with E-state index >= 15 is 0 Å². The molecule has 0 spiro atoms. The average molecular weight is 653 g/mol. The highest BCUT2D eigenvalue weighted by atomic mass is 16.5. The maximum absolute atomic E-state index is 13.2. The number of aromatic hydroxyl groups is 1. The van der Waals surface area contributed by atoms with Gasteiger partial charge in [0, 0.05) is 37.0 Å². The molecule has 1 heterocycles. The molecule has 1 aliphatic carbocycles. The van der Waals surface area contributed by atoms with E-state index in [-0.39, 0.29) is 35.6 Å². The molecule has 0 unspecified atom stereocenters. The SMILES string of the molecule is COc1cc2c(O)c(c1)NC(=O)C[C@@H](OC)/C=C/C=C/C=C/C[C@H](OC(=O)[C@H](C)NC(=O)C1CCCCC1)[C@@H](C)[C@H](O)/C(C)=C\CC2. The number of hydrogen-bond donors (Lipinski definition) is 4. The van der Waals surface area contributed by atoms with Crippen LogP contribution in [0.2, 0.25) is 0 Å². The predicted octanol–water partition coefficient (Wildman–Crippen LogP) is 5.69. The Balaban J connectivity index is 1.83. The molecule has 0 saturated heterocycles. The monoisotopic (exact) mass is 652 g/mol. The van der Waals surface area contributed by atoms with Crippen LogP contribution in [0.25, 0.3) is 0 Å². The van der Waals surface area contributed by atoms with Crippen LogP contribution in [-0.2, 0) is 30.3 Å². The van der Waals surface area contributed by atoms with Crippen molar-refractivity contribution in [1.29, 1.82) is 0 Å². The second-order valence-electron chi connectivity index (χ2n) is 12.5. The molecule has 1 fully saturated rings. The molecular formula is C37H52N2O8. The molecule has 5 atom stereocenters. The Kier molecular flexibility index (Phi) is 15.2. The molecule has 4 N–H and O–H groups in total. The van der Waals surface area contributed by atoms with Gasteiger partial charge in [-0.1, -0.05) is 68.7 Å². The van der Waals surface area contributed by atoms with E-state index in [4.69, 9.17) is 14.2 Å². The van der Waals surface area contributed by atoms with Crippen LogP contribution in [0, 0.1) is 11.8 Å². The van der Waals surface area contributed by atoms with E-state index in [0.717, 1.165) is 32.1 Å². The quantitative estimate of drug-likeness (QED) is 0.174. The topological polar surface area (TPSA) is 143 Å². The number of rotatable bonds is 6. The number of esters is 1. The summed E-state index contributed by atoms with van der Waals surface area (Å²) >= 11 is 0. The van der Waals surface area contributed by atoms with Crippen LogP contribution in [0.3, 0.4) is 0 Å². The number of methoxy groups -OCH3 is 2. The third-order valence-corrected chi connectivity index (χ3v) is 8.91. The van der Waals surface area contributed by atoms with Gasteiger partial charge >= 0.3 is 5.97 Å². The highest BCUT2D eigenvalue weighted by Gasteiger charge is 2.31. The second-order valence-corrected chi connectivity index (χ2v) is 12.5. The van der Waals surface area contributed by atoms with E-state index in [2.05, 4.69) is 10.6 Å². The minimum Gasteiger partial charge on any atom is -0.505 e. The molecule has 1 saturated carbocycles. The van der Waals surface area contributed by atoms with Gasteiger partial charge in [0.1, 0.15) is 23.6 Å². The molecule has 3 rings (SSSR count). The number of fused-ring (bicyclic) bond motifs is 2. The fourth-order valence-electron chi connectivity index (χ4n) is 5.86. The summed E-state index contributed by atoms with van der Waals surface area (Å²) in [4.78, 5) is 38.8. The van der Waals surface area contributed by atoms with Gasteiger partial charge in [-0.25, -0.2) is 4.79 Å². The second kappa shape index (κ2) is 19.1. The Bertz CT molecular complexity index is 1330. The van der Waals surface area contributed by atoms with E-state index in [1.54, 1.807) is 43.4 Å². The van der Waals surface area contributed by atoms with Crippen molar-refractivity contribution in [3.63, 3.8) is 0 Å². The fourth-order valence-corrected chi connectivity index (χ4v) is 5.86. The Morgan fingerprint density at radius 1 is 1.06 bits per heavy atom. The summed E-state index contributed by atoms with van der Waals surface area (Å²) in [6.45, 7) is 5.28. The van der Waals surface area contributed by atoms with Gasteiger partial charge in [-0.3, -0.25) is 9.59 Å². The van der Waals surface area contributed by atoms with Gasteiger partial charge in [-0.15, -0.1) is 0 Å². The maximum Gasteiger partial charge on any atom is 0.328 e. The molecule has 2 bridgehead atoms. The van der Waals surface area contributed by atoms with E-state index in [0.29, 0.717) is 36.1 Å². The summed E-state index contributed by atoms with van der Waals surface area (Å²) in [5, 5.41) is 27.9. The van der Waals surface area contributed by atoms with Crippen LogP contribution in [0.4, 0.5) is 5.69 Å². The highest BCUT2D eigenvalue weighted by molar-refractivity contribution is 5.93. The number of aliphatic hydroxyl groups excluding tert-OH is 1. The normalized spacial score (nSPS) is 27.4. The van der Waals surface area contributed by atoms with E-state index in [9.17, 15) is 24.6 Å². The van der Waals surface area contributed by atoms with Crippen molar-refractivity contribution in [3.8, 4) is 11.5 Å². The maximum atomic E-state index is 13.2. The molecule has 47 heavy (non-hydrogen) atoms. The lowest BCUT2D eigenvalue weighted by molar-refractivity contribution is -0.156. The molecule has 0 aromatic heterocycles. The lowest BCUT2D eigenvalue weighted by Gasteiger charge is -2.29. The van der Waals surface area contributed by atoms with Crippen molar-refractivity contribution >= 4 is 23.5 Å². The molecular weight excluding hydrogens is 600 g/mol. The molecule has 1 aliphatic heterocycles. The van der Waals surface area contributed by atoms with E-state index in [1.807, 2.05) is 32.1 Å². The number of aryl methyl sites for hydroxylation is 1. The number of nitrogens with one attached hydrogen (secondary N) is 2. The van der Waals surface area contributed by atoms with Gasteiger partial charge in [0.15, 0.2) is 0 Å². The first-order valence-electron chi connectivity index (χ1n) is 16.6. The number of ether oxygens (including phenoxy) is 3. The average Bonchev–Trinajstić information content (AvgIpc) is 3.07. The van der Waals surface area contributed by atoms with Gasteiger partial charge in [0.25, 0.3) is 0 Å². The zero-order valence-electron chi connectivity index (χ0n) is 28.4. The van der Waals surface area contributed by atoms with Crippen LogP contribution < -0.4 is 15.4 Å². The number of aliphatic hydroxyl groups is 1. The van der Waals surface area contributed by atoms with Gasteiger partial charge in [-0.05, 0) is 51.2 Å². The van der Waals surface area contributed by atoms with Crippen LogP contribution in [0.5, 0.6) is 11.5 Å². The Morgan fingerprint density at radius 3 is 2.49 bits per heavy atom. The number of phenolic OH excluding ortho intramolecular Hbond substituents is 1. The van der Waals surface area contributed by atoms with Crippen LogP contribution in [0.15, 0.2) is 60.2 Å². The lowest BCUT2D eigenvalue weighted by atomic mass is 9.88. The summed E-state index contributed by atoms with van der Waals surface area (Å²) in [5.74, 6) is -1.11. The Morgan fingerprint density at radius 2 is 1.79 bits per heavy atom. The number of allylic oxidation sites excluding steroid dienone is 5. The number of benzene rings is 1. The Labute approximate surface area is 278 Å². The summed E-state index contributed by atoms with van der Waals surface area (Å²) < 4.78 is 16.8. The third-order valence-electron chi connectivity index (χ3n) is 8.91. The van der Waals surface area contributed by atoms with Crippen molar-refractivity contribution < 1.29 is 38.8 Å². The molecule has 1 aromatic rings. The molecule has 10 nitrogen and oxygen atoms in total. The summed E-state index contributed by atoms with van der Waals surface area (Å²) in [5.41, 5.74) is 1.51. The zero-order valence-corrected chi connectivity index (χ0v) is 28.4. The molecule has 0 radical (unpaired) electrons. The molecule has 2 amide bonds. The highest BCUT2D eigenvalue weighted by Crippen LogP contribution is 2.34. The van der Waals surface area contributed by atoms with Crippen LogP contribution in [-0.4, -0.2) is 66.6 Å². The standard InChI is InChI=1S/C37H52N2O8/c1-24-15-14-18-28-21-30(46-5)22-31(35(28)42)39-33(40)23-29(45-4)19-12-7-6-8-13-20-32(25(2)34(24)41)47-37(44)26(3)38-36(43)27-16-10-9-11-17-27/h6-8,12-13,15,19,21-22,25-27,29,32,34,41-42H,9-11,14,16-18,20,23H2,1-5H3,(H,38,43)(H,39,40)/b7-6+,13-8+,19-12+,24-15-/t25-,26+,29+,32+,34-/m1/s1. The third kappa shape index (κ3) is 11.7. The number of amides is 2. The van der Waals surface area contributed by atoms with Crippen molar-refractivity contribution in [2.75, 3.05) is 19.5 Å². The van der Waals surface area contributed by atoms with Gasteiger partial charge in [-0.2, -0.15) is 0 Å². The lowest BCUT2D eigenvalue weighted by Crippen LogP contribution is -2.45. The molecule has 2 aliphatic rings. The van der Waals surface area contributed by atoms with Crippen molar-refractivity contribution in [2.45, 2.75) is 103 Å². The van der Waals surface area contributed by atoms with Crippen molar-refractivity contribution in [2.24, 2.45) is 11.8 Å². The fraction of sp³-hybridized carbons (Fsp3) is 0.541. The van der Waals surface area contributed by atoms with Crippen molar-refractivity contribution in [1.82, 2.24) is 5.32 Å². The van der Waals surface area contributed by atoms with E-state index in [1.165, 1.54) is 14.2 Å². The van der Waals surface area contributed by atoms with Gasteiger partial charge in [0.05, 0.1) is 31.4 Å². The number of phenols is 1. The summed E-state index contributed by atoms with van der Waals surface area (Å²) in [6, 6.07) is 2.46.